The van der Waals surface area contributed by atoms with Crippen LogP contribution in [0.15, 0.2) is 35.6 Å². The molecule has 1 unspecified atom stereocenters. The van der Waals surface area contributed by atoms with Gasteiger partial charge in [0.15, 0.2) is 0 Å². The minimum Gasteiger partial charge on any atom is -0.497 e. The number of allylic oxidation sites excluding steroid dienone is 1. The van der Waals surface area contributed by atoms with Crippen LogP contribution >= 0.6 is 0 Å². The SMILES string of the molecule is COc1ccc(C[NH+]2C=CC(C)=N2)c(OC)c1. The molecule has 1 aliphatic heterocycles. The molecule has 1 atom stereocenters. The first-order valence-electron chi connectivity index (χ1n) is 5.53. The van der Waals surface area contributed by atoms with Crippen LogP contribution in [0.5, 0.6) is 11.5 Å². The minimum atomic E-state index is 0.779. The van der Waals surface area contributed by atoms with Crippen molar-refractivity contribution < 1.29 is 14.5 Å². The number of rotatable bonds is 4. The summed E-state index contributed by atoms with van der Waals surface area (Å²) in [5.74, 6) is 1.64. The standard InChI is InChI=1S/C13H16N2O2/c1-10-6-7-15(14-10)9-11-4-5-12(16-2)8-13(11)17-3/h4-8H,9H2,1-3H3/p+1. The second-order valence-corrected chi connectivity index (χ2v) is 3.93. The second kappa shape index (κ2) is 5.01. The lowest BCUT2D eigenvalue weighted by Crippen LogP contribution is -3.00. The van der Waals surface area contributed by atoms with E-state index >= 15 is 0 Å². The van der Waals surface area contributed by atoms with Crippen molar-refractivity contribution in [1.29, 1.82) is 0 Å². The average molecular weight is 233 g/mol. The summed E-state index contributed by atoms with van der Waals surface area (Å²) in [6.45, 7) is 2.77. The maximum absolute atomic E-state index is 5.36. The van der Waals surface area contributed by atoms with Crippen LogP contribution < -0.4 is 14.5 Å². The van der Waals surface area contributed by atoms with E-state index in [2.05, 4.69) is 5.10 Å². The summed E-state index contributed by atoms with van der Waals surface area (Å²) in [6, 6.07) is 5.85. The first-order valence-corrected chi connectivity index (χ1v) is 5.53. The van der Waals surface area contributed by atoms with Crippen molar-refractivity contribution in [3.63, 3.8) is 0 Å². The van der Waals surface area contributed by atoms with Crippen molar-refractivity contribution in [2.75, 3.05) is 14.2 Å². The molecular formula is C13H17N2O2+. The first kappa shape index (κ1) is 11.7. The van der Waals surface area contributed by atoms with E-state index in [-0.39, 0.29) is 0 Å². The molecule has 0 radical (unpaired) electrons. The highest BCUT2D eigenvalue weighted by Gasteiger charge is 2.14. The van der Waals surface area contributed by atoms with Crippen molar-refractivity contribution in [3.05, 3.63) is 36.0 Å². The molecule has 4 nitrogen and oxygen atoms in total. The van der Waals surface area contributed by atoms with Gasteiger partial charge in [-0.1, -0.05) is 5.10 Å². The zero-order valence-electron chi connectivity index (χ0n) is 10.4. The zero-order chi connectivity index (χ0) is 12.3. The molecule has 1 aromatic rings. The van der Waals surface area contributed by atoms with Crippen LogP contribution in [0, 0.1) is 0 Å². The summed E-state index contributed by atoms with van der Waals surface area (Å²) >= 11 is 0. The van der Waals surface area contributed by atoms with E-state index in [1.807, 2.05) is 37.4 Å². The van der Waals surface area contributed by atoms with E-state index in [1.165, 1.54) is 0 Å². The van der Waals surface area contributed by atoms with Crippen LogP contribution in [0.3, 0.4) is 0 Å². The first-order chi connectivity index (χ1) is 8.22. The van der Waals surface area contributed by atoms with Gasteiger partial charge in [0.05, 0.1) is 25.5 Å². The predicted molar refractivity (Wildman–Crippen MR) is 66.5 cm³/mol. The largest absolute Gasteiger partial charge is 0.497 e. The third-order valence-electron chi connectivity index (χ3n) is 2.70. The van der Waals surface area contributed by atoms with E-state index < -0.39 is 0 Å². The fourth-order valence-corrected chi connectivity index (χ4v) is 1.81. The van der Waals surface area contributed by atoms with Crippen molar-refractivity contribution in [3.8, 4) is 11.5 Å². The number of benzene rings is 1. The molecule has 1 N–H and O–H groups in total. The maximum Gasteiger partial charge on any atom is 0.135 e. The van der Waals surface area contributed by atoms with Crippen molar-refractivity contribution in [2.45, 2.75) is 13.5 Å². The van der Waals surface area contributed by atoms with Crippen LogP contribution in [0.25, 0.3) is 0 Å². The summed E-state index contributed by atoms with van der Waals surface area (Å²) in [5, 5.41) is 5.50. The molecule has 17 heavy (non-hydrogen) atoms. The van der Waals surface area contributed by atoms with Gasteiger partial charge in [0.25, 0.3) is 0 Å². The molecule has 90 valence electrons. The number of hydrogen-bond donors (Lipinski definition) is 1. The fraction of sp³-hybridized carbons (Fsp3) is 0.308. The molecular weight excluding hydrogens is 216 g/mol. The molecule has 4 heteroatoms. The van der Waals surface area contributed by atoms with Crippen LogP contribution in [0.1, 0.15) is 12.5 Å². The number of nitrogens with zero attached hydrogens (tertiary/aromatic N) is 1. The molecule has 0 spiro atoms. The number of ether oxygens (including phenoxy) is 2. The highest BCUT2D eigenvalue weighted by Crippen LogP contribution is 2.23. The fourth-order valence-electron chi connectivity index (χ4n) is 1.81. The summed E-state index contributed by atoms with van der Waals surface area (Å²) in [6.07, 6.45) is 4.06. The Hall–Kier alpha value is -1.81. The molecule has 0 saturated heterocycles. The lowest BCUT2D eigenvalue weighted by molar-refractivity contribution is -0.865. The van der Waals surface area contributed by atoms with Crippen LogP contribution in [-0.2, 0) is 6.54 Å². The third-order valence-corrected chi connectivity index (χ3v) is 2.70. The maximum atomic E-state index is 5.36. The Morgan fingerprint density at radius 2 is 2.06 bits per heavy atom. The smallest absolute Gasteiger partial charge is 0.135 e. The van der Waals surface area contributed by atoms with E-state index in [1.54, 1.807) is 14.2 Å². The van der Waals surface area contributed by atoms with Crippen LogP contribution in [0.4, 0.5) is 0 Å². The highest BCUT2D eigenvalue weighted by atomic mass is 16.5. The monoisotopic (exact) mass is 233 g/mol. The van der Waals surface area contributed by atoms with Gasteiger partial charge in [-0.3, -0.25) is 0 Å². The van der Waals surface area contributed by atoms with Gasteiger partial charge in [0.1, 0.15) is 24.2 Å². The third kappa shape index (κ3) is 2.65. The summed E-state index contributed by atoms with van der Waals surface area (Å²) < 4.78 is 10.5. The topological polar surface area (TPSA) is 35.3 Å². The van der Waals surface area contributed by atoms with Crippen molar-refractivity contribution in [1.82, 2.24) is 0 Å². The molecule has 2 rings (SSSR count). The van der Waals surface area contributed by atoms with Gasteiger partial charge in [-0.2, -0.15) is 5.01 Å². The van der Waals surface area contributed by atoms with Crippen molar-refractivity contribution >= 4 is 5.71 Å². The highest BCUT2D eigenvalue weighted by molar-refractivity contribution is 5.92. The van der Waals surface area contributed by atoms with Gasteiger partial charge in [-0.15, -0.1) is 0 Å². The average Bonchev–Trinajstić information content (AvgIpc) is 2.75. The number of quaternary nitrogens is 1. The second-order valence-electron chi connectivity index (χ2n) is 3.93. The minimum absolute atomic E-state index is 0.779. The molecule has 0 fully saturated rings. The molecule has 0 bridgehead atoms. The Balaban J connectivity index is 2.18. The molecule has 0 aromatic heterocycles. The van der Waals surface area contributed by atoms with E-state index in [0.717, 1.165) is 34.3 Å². The molecule has 1 aliphatic rings. The van der Waals surface area contributed by atoms with Crippen LogP contribution in [0.2, 0.25) is 0 Å². The molecule has 1 aromatic carbocycles. The number of methoxy groups -OCH3 is 2. The van der Waals surface area contributed by atoms with Crippen molar-refractivity contribution in [2.24, 2.45) is 5.10 Å². The van der Waals surface area contributed by atoms with E-state index in [4.69, 9.17) is 9.47 Å². The van der Waals surface area contributed by atoms with Gasteiger partial charge in [0.2, 0.25) is 0 Å². The molecule has 0 amide bonds. The Kier molecular flexibility index (Phi) is 3.44. The number of nitrogens with one attached hydrogen (secondary N) is 1. The predicted octanol–water partition coefficient (Wildman–Crippen LogP) is 0.992. The van der Waals surface area contributed by atoms with Gasteiger partial charge in [0, 0.05) is 12.1 Å². The zero-order valence-corrected chi connectivity index (χ0v) is 10.4. The lowest BCUT2D eigenvalue weighted by Gasteiger charge is -2.11. The normalized spacial score (nSPS) is 18.1. The van der Waals surface area contributed by atoms with Gasteiger partial charge in [-0.05, 0) is 19.1 Å². The number of hydrogen-bond acceptors (Lipinski definition) is 3. The summed E-state index contributed by atoms with van der Waals surface area (Å²) in [5.41, 5.74) is 2.17. The van der Waals surface area contributed by atoms with Crippen LogP contribution in [-0.4, -0.2) is 19.9 Å². The Morgan fingerprint density at radius 3 is 2.65 bits per heavy atom. The van der Waals surface area contributed by atoms with Gasteiger partial charge in [-0.25, -0.2) is 0 Å². The van der Waals surface area contributed by atoms with E-state index in [9.17, 15) is 0 Å². The Morgan fingerprint density at radius 1 is 1.24 bits per heavy atom. The molecule has 0 aliphatic carbocycles. The lowest BCUT2D eigenvalue weighted by atomic mass is 10.2. The van der Waals surface area contributed by atoms with E-state index in [0.29, 0.717) is 0 Å². The van der Waals surface area contributed by atoms with Gasteiger partial charge < -0.3 is 9.47 Å². The van der Waals surface area contributed by atoms with Gasteiger partial charge >= 0.3 is 0 Å². The Bertz CT molecular complexity index is 466. The molecule has 1 heterocycles. The summed E-state index contributed by atoms with van der Waals surface area (Å²) in [7, 11) is 3.32. The Labute approximate surface area is 101 Å². The molecule has 0 saturated carbocycles. The quantitative estimate of drug-likeness (QED) is 0.841. The summed E-state index contributed by atoms with van der Waals surface area (Å²) in [4.78, 5) is 0.